The number of hydrogen-bond donors (Lipinski definition) is 1. The molecule has 4 heterocycles. The highest BCUT2D eigenvalue weighted by Crippen LogP contribution is 2.27. The summed E-state index contributed by atoms with van der Waals surface area (Å²) in [4.78, 5) is 21.1. The van der Waals surface area contributed by atoms with Crippen LogP contribution in [0.1, 0.15) is 17.3 Å². The van der Waals surface area contributed by atoms with E-state index in [1.807, 2.05) is 11.8 Å². The van der Waals surface area contributed by atoms with E-state index >= 15 is 0 Å². The molecule has 1 fully saturated rings. The number of benzene rings is 1. The molecule has 1 N–H and O–H groups in total. The van der Waals surface area contributed by atoms with Crippen LogP contribution in [0.4, 0.5) is 10.2 Å². The van der Waals surface area contributed by atoms with Crippen molar-refractivity contribution in [2.75, 3.05) is 24.3 Å². The number of nitrogens with zero attached hydrogens (tertiary/aromatic N) is 4. The van der Waals surface area contributed by atoms with Gasteiger partial charge in [-0.3, -0.25) is 4.79 Å². The zero-order valence-electron chi connectivity index (χ0n) is 15.0. The molecule has 2 atom stereocenters. The Bertz CT molecular complexity index is 1110. The molecule has 2 unspecified atom stereocenters. The Kier molecular flexibility index (Phi) is 4.48. The van der Waals surface area contributed by atoms with Crippen LogP contribution >= 0.6 is 11.8 Å². The van der Waals surface area contributed by atoms with Crippen molar-refractivity contribution in [3.63, 3.8) is 0 Å². The van der Waals surface area contributed by atoms with Gasteiger partial charge in [0.1, 0.15) is 24.0 Å². The summed E-state index contributed by atoms with van der Waals surface area (Å²) in [6, 6.07) is 5.69. The van der Waals surface area contributed by atoms with E-state index in [4.69, 9.17) is 4.74 Å². The van der Waals surface area contributed by atoms with Crippen molar-refractivity contribution in [1.82, 2.24) is 19.7 Å². The summed E-state index contributed by atoms with van der Waals surface area (Å²) in [5, 5.41) is 8.73. The van der Waals surface area contributed by atoms with Crippen molar-refractivity contribution in [2.24, 2.45) is 0 Å². The van der Waals surface area contributed by atoms with Crippen LogP contribution in [-0.2, 0) is 16.9 Å². The Morgan fingerprint density at radius 3 is 3.11 bits per heavy atom. The molecule has 2 aromatic heterocycles. The smallest absolute Gasteiger partial charge is 0.267 e. The second-order valence-corrected chi connectivity index (χ2v) is 8.05. The molecule has 9 heteroatoms. The third-order valence-corrected chi connectivity index (χ3v) is 6.16. The van der Waals surface area contributed by atoms with E-state index in [-0.39, 0.29) is 23.5 Å². The van der Waals surface area contributed by atoms with E-state index < -0.39 is 0 Å². The maximum absolute atomic E-state index is 13.5. The lowest BCUT2D eigenvalue weighted by Crippen LogP contribution is -2.38. The normalized spacial score (nSPS) is 21.6. The van der Waals surface area contributed by atoms with E-state index in [2.05, 4.69) is 20.4 Å². The second kappa shape index (κ2) is 7.14. The van der Waals surface area contributed by atoms with Crippen molar-refractivity contribution in [2.45, 2.75) is 24.3 Å². The third kappa shape index (κ3) is 3.14. The number of nitrogens with one attached hydrogen (secondary N) is 1. The van der Waals surface area contributed by atoms with Gasteiger partial charge in [-0.25, -0.2) is 19.0 Å². The Morgan fingerprint density at radius 1 is 1.25 bits per heavy atom. The van der Waals surface area contributed by atoms with Gasteiger partial charge in [-0.15, -0.1) is 0 Å². The monoisotopic (exact) mass is 399 g/mol. The second-order valence-electron chi connectivity index (χ2n) is 6.94. The fourth-order valence-corrected chi connectivity index (χ4v) is 4.66. The minimum absolute atomic E-state index is 0.113. The summed E-state index contributed by atoms with van der Waals surface area (Å²) in [7, 11) is 0. The molecule has 0 amide bonds. The minimum atomic E-state index is -0.345. The van der Waals surface area contributed by atoms with Crippen LogP contribution in [0.5, 0.6) is 0 Å². The number of aryl methyl sites for hydroxylation is 1. The fraction of sp³-hybridized carbons (Fsp3) is 0.368. The highest BCUT2D eigenvalue weighted by Gasteiger charge is 2.32. The van der Waals surface area contributed by atoms with Gasteiger partial charge in [0.15, 0.2) is 0 Å². The van der Waals surface area contributed by atoms with E-state index in [0.29, 0.717) is 24.5 Å². The van der Waals surface area contributed by atoms with Gasteiger partial charge in [-0.05, 0) is 23.4 Å². The minimum Gasteiger partial charge on any atom is -0.377 e. The fourth-order valence-electron chi connectivity index (χ4n) is 3.71. The Labute approximate surface area is 164 Å². The van der Waals surface area contributed by atoms with Crippen LogP contribution in [-0.4, -0.2) is 44.8 Å². The molecule has 0 aliphatic carbocycles. The number of hydrogen-bond acceptors (Lipinski definition) is 7. The highest BCUT2D eigenvalue weighted by atomic mass is 32.2. The largest absolute Gasteiger partial charge is 0.377 e. The summed E-state index contributed by atoms with van der Waals surface area (Å²) in [5.41, 5.74) is 2.43. The predicted octanol–water partition coefficient (Wildman–Crippen LogP) is 2.17. The van der Waals surface area contributed by atoms with Crippen molar-refractivity contribution in [3.8, 4) is 0 Å². The zero-order chi connectivity index (χ0) is 19.1. The van der Waals surface area contributed by atoms with E-state index in [0.717, 1.165) is 34.6 Å². The average Bonchev–Trinajstić information content (AvgIpc) is 3.15. The molecule has 2 aliphatic heterocycles. The lowest BCUT2D eigenvalue weighted by atomic mass is 10.1. The first-order chi connectivity index (χ1) is 13.7. The van der Waals surface area contributed by atoms with Crippen LogP contribution < -0.4 is 10.9 Å². The van der Waals surface area contributed by atoms with Gasteiger partial charge >= 0.3 is 0 Å². The lowest BCUT2D eigenvalue weighted by Gasteiger charge is -2.23. The zero-order valence-corrected chi connectivity index (χ0v) is 15.8. The first kappa shape index (κ1) is 17.6. The molecule has 2 aliphatic rings. The van der Waals surface area contributed by atoms with Gasteiger partial charge in [0, 0.05) is 29.7 Å². The summed E-state index contributed by atoms with van der Waals surface area (Å²) in [5.74, 6) is 2.10. The first-order valence-corrected chi connectivity index (χ1v) is 10.3. The van der Waals surface area contributed by atoms with Crippen molar-refractivity contribution in [1.29, 1.82) is 0 Å². The summed E-state index contributed by atoms with van der Waals surface area (Å²) < 4.78 is 20.7. The number of halogens is 1. The highest BCUT2D eigenvalue weighted by molar-refractivity contribution is 7.98. The molecule has 5 rings (SSSR count). The number of ether oxygens (including phenoxy) is 1. The Morgan fingerprint density at radius 2 is 2.18 bits per heavy atom. The Balaban J connectivity index is 1.48. The predicted molar refractivity (Wildman–Crippen MR) is 105 cm³/mol. The molecule has 0 bridgehead atoms. The molecule has 3 aromatic rings. The molecule has 0 spiro atoms. The third-order valence-electron chi connectivity index (χ3n) is 5.15. The van der Waals surface area contributed by atoms with Crippen molar-refractivity contribution < 1.29 is 9.13 Å². The van der Waals surface area contributed by atoms with Crippen LogP contribution in [0.15, 0.2) is 35.4 Å². The van der Waals surface area contributed by atoms with Crippen molar-refractivity contribution in [3.05, 3.63) is 58.0 Å². The number of anilines is 1. The van der Waals surface area contributed by atoms with Crippen LogP contribution in [0, 0.1) is 5.82 Å². The molecule has 144 valence electrons. The molecular weight excluding hydrogens is 381 g/mol. The SMILES string of the molecule is O=c1cc2c(nn1C1COCC1Nc1ncnc3cc(F)ccc13)CCSC2. The van der Waals surface area contributed by atoms with Crippen LogP contribution in [0.25, 0.3) is 10.9 Å². The summed E-state index contributed by atoms with van der Waals surface area (Å²) in [6.45, 7) is 0.828. The van der Waals surface area contributed by atoms with Crippen LogP contribution in [0.2, 0.25) is 0 Å². The number of thioether (sulfide) groups is 1. The van der Waals surface area contributed by atoms with E-state index in [1.54, 1.807) is 16.8 Å². The van der Waals surface area contributed by atoms with Gasteiger partial charge in [0.25, 0.3) is 5.56 Å². The Hall–Kier alpha value is -2.52. The quantitative estimate of drug-likeness (QED) is 0.723. The molecule has 0 radical (unpaired) electrons. The van der Waals surface area contributed by atoms with E-state index in [1.165, 1.54) is 18.5 Å². The summed E-state index contributed by atoms with van der Waals surface area (Å²) >= 11 is 1.82. The molecule has 0 saturated carbocycles. The topological polar surface area (TPSA) is 81.9 Å². The number of rotatable bonds is 3. The number of fused-ring (bicyclic) bond motifs is 2. The molecule has 1 saturated heterocycles. The first-order valence-electron chi connectivity index (χ1n) is 9.13. The van der Waals surface area contributed by atoms with Crippen molar-refractivity contribution >= 4 is 28.5 Å². The van der Waals surface area contributed by atoms with Gasteiger partial charge in [-0.2, -0.15) is 16.9 Å². The molecule has 28 heavy (non-hydrogen) atoms. The maximum Gasteiger partial charge on any atom is 0.267 e. The molecule has 1 aromatic carbocycles. The number of aromatic nitrogens is 4. The van der Waals surface area contributed by atoms with Crippen LogP contribution in [0.3, 0.4) is 0 Å². The lowest BCUT2D eigenvalue weighted by molar-refractivity contribution is 0.182. The maximum atomic E-state index is 13.5. The van der Waals surface area contributed by atoms with Gasteiger partial charge < -0.3 is 10.1 Å². The van der Waals surface area contributed by atoms with Gasteiger partial charge in [-0.1, -0.05) is 0 Å². The van der Waals surface area contributed by atoms with Gasteiger partial charge in [0.05, 0.1) is 30.5 Å². The average molecular weight is 399 g/mol. The van der Waals surface area contributed by atoms with Gasteiger partial charge in [0.2, 0.25) is 0 Å². The summed E-state index contributed by atoms with van der Waals surface area (Å²) in [6.07, 6.45) is 2.27. The molecular formula is C19H18FN5O2S. The molecule has 7 nitrogen and oxygen atoms in total. The standard InChI is InChI=1S/C19H18FN5O2S/c20-12-1-2-13-15(6-12)21-10-22-19(13)23-16-7-27-8-17(16)25-18(26)5-11-9-28-4-3-14(11)24-25/h1-2,5-6,10,16-17H,3-4,7-9H2,(H,21,22,23). The van der Waals surface area contributed by atoms with E-state index in [9.17, 15) is 9.18 Å².